The van der Waals surface area contributed by atoms with Gasteiger partial charge in [0.1, 0.15) is 29.7 Å². The van der Waals surface area contributed by atoms with E-state index >= 15 is 0 Å². The first-order chi connectivity index (χ1) is 13.0. The molecular weight excluding hydrogens is 348 g/mol. The minimum atomic E-state index is -0.640. The molecule has 3 aliphatic rings. The lowest BCUT2D eigenvalue weighted by Crippen LogP contribution is -2.35. The molecule has 2 aliphatic heterocycles. The summed E-state index contributed by atoms with van der Waals surface area (Å²) in [4.78, 5) is 12.8. The van der Waals surface area contributed by atoms with Gasteiger partial charge in [0.2, 0.25) is 0 Å². The number of fused-ring (bicyclic) bond motifs is 3. The Labute approximate surface area is 157 Å². The van der Waals surface area contributed by atoms with Gasteiger partial charge >= 0.3 is 0 Å². The molecule has 0 amide bonds. The maximum absolute atomic E-state index is 6.59. The van der Waals surface area contributed by atoms with Crippen LogP contribution in [0.4, 0.5) is 5.82 Å². The van der Waals surface area contributed by atoms with Crippen molar-refractivity contribution < 1.29 is 14.2 Å². The summed E-state index contributed by atoms with van der Waals surface area (Å²) in [7, 11) is 0. The minimum absolute atomic E-state index is 0.109. The van der Waals surface area contributed by atoms with Crippen molar-refractivity contribution in [3.8, 4) is 0 Å². The van der Waals surface area contributed by atoms with E-state index in [1.165, 1.54) is 6.33 Å². The van der Waals surface area contributed by atoms with E-state index in [-0.39, 0.29) is 24.0 Å². The van der Waals surface area contributed by atoms with Crippen molar-refractivity contribution in [1.29, 1.82) is 0 Å². The molecule has 9 heteroatoms. The summed E-state index contributed by atoms with van der Waals surface area (Å²) >= 11 is 0. The number of nitrogens with one attached hydrogen (secondary N) is 1. The molecular formula is C18H26N6O3. The summed E-state index contributed by atoms with van der Waals surface area (Å²) in [5, 5.41) is 3.50. The van der Waals surface area contributed by atoms with Gasteiger partial charge in [-0.15, -0.1) is 0 Å². The maximum atomic E-state index is 6.59. The Morgan fingerprint density at radius 3 is 2.93 bits per heavy atom. The molecule has 0 bridgehead atoms. The van der Waals surface area contributed by atoms with Crippen LogP contribution in [0.1, 0.15) is 39.8 Å². The lowest BCUT2D eigenvalue weighted by Gasteiger charge is -2.25. The van der Waals surface area contributed by atoms with Gasteiger partial charge in [0.15, 0.2) is 23.5 Å². The van der Waals surface area contributed by atoms with Crippen LogP contribution in [0.25, 0.3) is 11.2 Å². The number of hydrogen-bond acceptors (Lipinski definition) is 8. The van der Waals surface area contributed by atoms with Gasteiger partial charge in [-0.2, -0.15) is 0 Å². The van der Waals surface area contributed by atoms with Gasteiger partial charge in [0, 0.05) is 12.5 Å². The largest absolute Gasteiger partial charge is 0.382 e. The van der Waals surface area contributed by atoms with Crippen molar-refractivity contribution >= 4 is 17.0 Å². The normalized spacial score (nSPS) is 36.6. The summed E-state index contributed by atoms with van der Waals surface area (Å²) in [5.74, 6) is 0.132. The molecule has 2 aromatic rings. The van der Waals surface area contributed by atoms with Gasteiger partial charge in [-0.3, -0.25) is 4.57 Å². The molecule has 0 radical (unpaired) electrons. The van der Waals surface area contributed by atoms with E-state index in [9.17, 15) is 0 Å². The van der Waals surface area contributed by atoms with Gasteiger partial charge < -0.3 is 25.3 Å². The molecule has 1 saturated carbocycles. The Bertz CT molecular complexity index is 870. The first-order valence-corrected chi connectivity index (χ1v) is 9.62. The third-order valence-corrected chi connectivity index (χ3v) is 5.81. The highest BCUT2D eigenvalue weighted by Gasteiger charge is 2.73. The van der Waals surface area contributed by atoms with E-state index in [0.29, 0.717) is 22.9 Å². The van der Waals surface area contributed by atoms with Crippen molar-refractivity contribution in [3.63, 3.8) is 0 Å². The molecule has 2 aromatic heterocycles. The van der Waals surface area contributed by atoms with Crippen LogP contribution >= 0.6 is 0 Å². The standard InChI is InChI=1S/C18H26N6O3/c1-4-5-20-7-10-6-18(10)13-12(25-17(2,3)26-13)16(27-18)24-9-23-11-14(19)21-8-22-15(11)24/h8-10,12-13,16,20H,4-7H2,1-3H3,(H2,19,21,22)/t10-,12+,13?,16?,18+/m1/s1. The van der Waals surface area contributed by atoms with E-state index in [4.69, 9.17) is 19.9 Å². The molecule has 1 aliphatic carbocycles. The molecule has 0 aromatic carbocycles. The molecule has 3 fully saturated rings. The molecule has 146 valence electrons. The first kappa shape index (κ1) is 17.3. The van der Waals surface area contributed by atoms with Gasteiger partial charge in [-0.1, -0.05) is 6.92 Å². The van der Waals surface area contributed by atoms with E-state index in [1.54, 1.807) is 6.33 Å². The zero-order valence-electron chi connectivity index (χ0n) is 15.9. The average Bonchev–Trinajstić information content (AvgIpc) is 2.90. The van der Waals surface area contributed by atoms with Crippen LogP contribution in [0.3, 0.4) is 0 Å². The lowest BCUT2D eigenvalue weighted by molar-refractivity contribution is -0.203. The molecule has 5 atom stereocenters. The van der Waals surface area contributed by atoms with E-state index in [1.807, 2.05) is 18.4 Å². The Balaban J connectivity index is 1.48. The third-order valence-electron chi connectivity index (χ3n) is 5.81. The van der Waals surface area contributed by atoms with Crippen LogP contribution in [0.15, 0.2) is 12.7 Å². The Morgan fingerprint density at radius 2 is 2.11 bits per heavy atom. The molecule has 3 N–H and O–H groups in total. The average molecular weight is 374 g/mol. The van der Waals surface area contributed by atoms with Crippen molar-refractivity contribution in [2.45, 2.75) is 63.4 Å². The Hall–Kier alpha value is -1.81. The second-order valence-corrected chi connectivity index (χ2v) is 8.17. The molecule has 2 saturated heterocycles. The second kappa shape index (κ2) is 5.84. The third kappa shape index (κ3) is 2.56. The van der Waals surface area contributed by atoms with Crippen LogP contribution in [-0.4, -0.2) is 56.2 Å². The van der Waals surface area contributed by atoms with Crippen molar-refractivity contribution in [3.05, 3.63) is 12.7 Å². The predicted molar refractivity (Wildman–Crippen MR) is 97.7 cm³/mol. The number of aromatic nitrogens is 4. The van der Waals surface area contributed by atoms with Crippen LogP contribution in [0.2, 0.25) is 0 Å². The maximum Gasteiger partial charge on any atom is 0.167 e. The second-order valence-electron chi connectivity index (χ2n) is 8.17. The van der Waals surface area contributed by atoms with Crippen molar-refractivity contribution in [1.82, 2.24) is 24.8 Å². The van der Waals surface area contributed by atoms with Crippen LogP contribution in [-0.2, 0) is 14.2 Å². The van der Waals surface area contributed by atoms with Crippen molar-refractivity contribution in [2.75, 3.05) is 18.8 Å². The van der Waals surface area contributed by atoms with Crippen LogP contribution in [0, 0.1) is 5.92 Å². The van der Waals surface area contributed by atoms with Gasteiger partial charge in [0.25, 0.3) is 0 Å². The minimum Gasteiger partial charge on any atom is -0.382 e. The van der Waals surface area contributed by atoms with Gasteiger partial charge in [-0.05, 0) is 33.2 Å². The molecule has 2 unspecified atom stereocenters. The fourth-order valence-corrected chi connectivity index (χ4v) is 4.52. The summed E-state index contributed by atoms with van der Waals surface area (Å²) in [6, 6.07) is 0. The number of nitrogens with zero attached hydrogens (tertiary/aromatic N) is 4. The number of nitrogen functional groups attached to an aromatic ring is 1. The van der Waals surface area contributed by atoms with E-state index in [2.05, 4.69) is 27.2 Å². The fourth-order valence-electron chi connectivity index (χ4n) is 4.52. The first-order valence-electron chi connectivity index (χ1n) is 9.62. The number of ether oxygens (including phenoxy) is 3. The number of hydrogen-bond donors (Lipinski definition) is 2. The zero-order chi connectivity index (χ0) is 18.8. The van der Waals surface area contributed by atoms with Crippen LogP contribution < -0.4 is 11.1 Å². The quantitative estimate of drug-likeness (QED) is 0.752. The van der Waals surface area contributed by atoms with E-state index in [0.717, 1.165) is 25.9 Å². The highest BCUT2D eigenvalue weighted by atomic mass is 16.8. The SMILES string of the molecule is CCCNC[C@H]1C[C@]12OC(n1cnc3c(N)ncnc31)[C@H]1OC(C)(C)OC12. The zero-order valence-corrected chi connectivity index (χ0v) is 15.9. The van der Waals surface area contributed by atoms with Crippen LogP contribution in [0.5, 0.6) is 0 Å². The number of nitrogens with two attached hydrogens (primary N) is 1. The summed E-state index contributed by atoms with van der Waals surface area (Å²) in [5.41, 5.74) is 6.85. The van der Waals surface area contributed by atoms with Crippen molar-refractivity contribution in [2.24, 2.45) is 5.92 Å². The smallest absolute Gasteiger partial charge is 0.167 e. The summed E-state index contributed by atoms with van der Waals surface area (Å²) < 4.78 is 21.0. The summed E-state index contributed by atoms with van der Waals surface area (Å²) in [6.07, 6.45) is 4.55. The summed E-state index contributed by atoms with van der Waals surface area (Å²) in [6.45, 7) is 8.01. The lowest BCUT2D eigenvalue weighted by atomic mass is 10.1. The number of imidazole rings is 1. The molecule has 27 heavy (non-hydrogen) atoms. The molecule has 5 rings (SSSR count). The highest BCUT2D eigenvalue weighted by molar-refractivity contribution is 5.81. The highest BCUT2D eigenvalue weighted by Crippen LogP contribution is 2.62. The Morgan fingerprint density at radius 1 is 1.26 bits per heavy atom. The topological polar surface area (TPSA) is 109 Å². The number of anilines is 1. The van der Waals surface area contributed by atoms with E-state index < -0.39 is 5.79 Å². The molecule has 4 heterocycles. The Kier molecular flexibility index (Phi) is 3.74. The van der Waals surface area contributed by atoms with Gasteiger partial charge in [-0.25, -0.2) is 15.0 Å². The fraction of sp³-hybridized carbons (Fsp3) is 0.722. The predicted octanol–water partition coefficient (Wildman–Crippen LogP) is 1.22. The monoisotopic (exact) mass is 374 g/mol. The molecule has 1 spiro atoms. The number of rotatable bonds is 5. The van der Waals surface area contributed by atoms with Gasteiger partial charge in [0.05, 0.1) is 6.33 Å². The molecule has 9 nitrogen and oxygen atoms in total.